The minimum absolute atomic E-state index is 0.00310. The van der Waals surface area contributed by atoms with Crippen LogP contribution in [0.2, 0.25) is 0 Å². The lowest BCUT2D eigenvalue weighted by Crippen LogP contribution is -2.54. The molecule has 0 radical (unpaired) electrons. The van der Waals surface area contributed by atoms with Gasteiger partial charge in [0.15, 0.2) is 0 Å². The van der Waals surface area contributed by atoms with Crippen LogP contribution in [0.25, 0.3) is 11.1 Å². The number of nitrogens with zero attached hydrogens (tertiary/aromatic N) is 1. The van der Waals surface area contributed by atoms with Crippen molar-refractivity contribution >= 4 is 11.7 Å². The van der Waals surface area contributed by atoms with Gasteiger partial charge in [-0.3, -0.25) is 0 Å². The summed E-state index contributed by atoms with van der Waals surface area (Å²) in [6.45, 7) is 1.26. The van der Waals surface area contributed by atoms with E-state index in [1.54, 1.807) is 24.3 Å². The highest BCUT2D eigenvalue weighted by atomic mass is 19.1. The van der Waals surface area contributed by atoms with E-state index in [0.29, 0.717) is 29.8 Å². The molecule has 0 unspecified atom stereocenters. The van der Waals surface area contributed by atoms with Gasteiger partial charge in [0.2, 0.25) is 0 Å². The van der Waals surface area contributed by atoms with Crippen molar-refractivity contribution in [3.63, 3.8) is 0 Å². The number of aliphatic hydroxyl groups excluding tert-OH is 1. The van der Waals surface area contributed by atoms with Crippen LogP contribution in [0.5, 0.6) is 5.75 Å². The first-order chi connectivity index (χ1) is 14.6. The summed E-state index contributed by atoms with van der Waals surface area (Å²) < 4.78 is 24.8. The number of esters is 1. The SMILES string of the molecule is COC(=O)c1cccc(N2CC(Oc3ccc(CO)cc3)C2)c1-c1cccc(F)c1. The number of aliphatic hydroxyl groups is 1. The molecule has 3 aromatic carbocycles. The molecule has 0 aliphatic carbocycles. The summed E-state index contributed by atoms with van der Waals surface area (Å²) in [7, 11) is 1.33. The summed E-state index contributed by atoms with van der Waals surface area (Å²) in [5.74, 6) is -0.0896. The molecule has 0 amide bonds. The monoisotopic (exact) mass is 407 g/mol. The predicted molar refractivity (Wildman–Crippen MR) is 112 cm³/mol. The second kappa shape index (κ2) is 8.55. The van der Waals surface area contributed by atoms with E-state index in [4.69, 9.17) is 14.6 Å². The average molecular weight is 407 g/mol. The summed E-state index contributed by atoms with van der Waals surface area (Å²) in [5, 5.41) is 9.14. The van der Waals surface area contributed by atoms with Crippen LogP contribution in [0, 0.1) is 5.82 Å². The number of carbonyl (C=O) groups is 1. The van der Waals surface area contributed by atoms with E-state index in [-0.39, 0.29) is 18.5 Å². The number of carbonyl (C=O) groups excluding carboxylic acids is 1. The van der Waals surface area contributed by atoms with Crippen LogP contribution in [-0.2, 0) is 11.3 Å². The third-order valence-electron chi connectivity index (χ3n) is 5.16. The average Bonchev–Trinajstić information content (AvgIpc) is 2.75. The third-order valence-corrected chi connectivity index (χ3v) is 5.16. The van der Waals surface area contributed by atoms with Gasteiger partial charge in [0, 0.05) is 11.3 Å². The lowest BCUT2D eigenvalue weighted by atomic mass is 9.95. The van der Waals surface area contributed by atoms with Crippen LogP contribution in [0.15, 0.2) is 66.7 Å². The van der Waals surface area contributed by atoms with E-state index in [9.17, 15) is 9.18 Å². The van der Waals surface area contributed by atoms with Gasteiger partial charge in [-0.2, -0.15) is 0 Å². The smallest absolute Gasteiger partial charge is 0.338 e. The topological polar surface area (TPSA) is 59.0 Å². The van der Waals surface area contributed by atoms with Crippen molar-refractivity contribution in [1.82, 2.24) is 0 Å². The van der Waals surface area contributed by atoms with Crippen LogP contribution < -0.4 is 9.64 Å². The van der Waals surface area contributed by atoms with E-state index >= 15 is 0 Å². The summed E-state index contributed by atoms with van der Waals surface area (Å²) in [6.07, 6.45) is -0.00730. The number of hydrogen-bond donors (Lipinski definition) is 1. The van der Waals surface area contributed by atoms with Crippen LogP contribution >= 0.6 is 0 Å². The number of ether oxygens (including phenoxy) is 2. The Morgan fingerprint density at radius 1 is 1.10 bits per heavy atom. The minimum atomic E-state index is -0.464. The number of halogens is 1. The third kappa shape index (κ3) is 4.00. The van der Waals surface area contributed by atoms with Gasteiger partial charge in [-0.05, 0) is 47.5 Å². The minimum Gasteiger partial charge on any atom is -0.487 e. The van der Waals surface area contributed by atoms with E-state index in [1.807, 2.05) is 30.3 Å². The van der Waals surface area contributed by atoms with Crippen LogP contribution in [0.1, 0.15) is 15.9 Å². The van der Waals surface area contributed by atoms with Crippen molar-refractivity contribution in [1.29, 1.82) is 0 Å². The zero-order valence-corrected chi connectivity index (χ0v) is 16.5. The lowest BCUT2D eigenvalue weighted by Gasteiger charge is -2.41. The highest BCUT2D eigenvalue weighted by Gasteiger charge is 2.32. The van der Waals surface area contributed by atoms with Crippen LogP contribution in [-0.4, -0.2) is 37.4 Å². The van der Waals surface area contributed by atoms with Crippen molar-refractivity contribution in [3.05, 3.63) is 83.7 Å². The number of hydrogen-bond acceptors (Lipinski definition) is 5. The Bertz CT molecular complexity index is 1050. The van der Waals surface area contributed by atoms with Gasteiger partial charge in [-0.1, -0.05) is 30.3 Å². The molecule has 1 heterocycles. The molecule has 1 N–H and O–H groups in total. The molecular weight excluding hydrogens is 385 g/mol. The Balaban J connectivity index is 1.58. The van der Waals surface area contributed by atoms with Gasteiger partial charge in [-0.25, -0.2) is 9.18 Å². The Hall–Kier alpha value is -3.38. The molecule has 5 nitrogen and oxygen atoms in total. The Morgan fingerprint density at radius 3 is 2.50 bits per heavy atom. The first-order valence-corrected chi connectivity index (χ1v) is 9.67. The highest BCUT2D eigenvalue weighted by molar-refractivity contribution is 6.01. The normalized spacial score (nSPS) is 13.6. The highest BCUT2D eigenvalue weighted by Crippen LogP contribution is 2.37. The summed E-state index contributed by atoms with van der Waals surface area (Å²) in [6, 6.07) is 18.9. The van der Waals surface area contributed by atoms with Crippen LogP contribution in [0.3, 0.4) is 0 Å². The first-order valence-electron chi connectivity index (χ1n) is 9.67. The summed E-state index contributed by atoms with van der Waals surface area (Å²) >= 11 is 0. The van der Waals surface area contributed by atoms with Gasteiger partial charge >= 0.3 is 5.97 Å². The molecule has 0 spiro atoms. The van der Waals surface area contributed by atoms with Gasteiger partial charge in [0.1, 0.15) is 17.7 Å². The molecule has 3 aromatic rings. The standard InChI is InChI=1S/C24H22FNO4/c1-29-24(28)21-6-3-7-22(23(21)17-4-2-5-18(25)12-17)26-13-20(14-26)30-19-10-8-16(15-27)9-11-19/h2-12,20,27H,13-15H2,1H3. The number of methoxy groups -OCH3 is 1. The van der Waals surface area contributed by atoms with Crippen molar-refractivity contribution in [3.8, 4) is 16.9 Å². The first kappa shape index (κ1) is 19.9. The fourth-order valence-electron chi connectivity index (χ4n) is 3.61. The summed E-state index contributed by atoms with van der Waals surface area (Å²) in [4.78, 5) is 14.5. The van der Waals surface area contributed by atoms with Gasteiger partial charge < -0.3 is 19.5 Å². The van der Waals surface area contributed by atoms with E-state index in [2.05, 4.69) is 4.90 Å². The zero-order valence-electron chi connectivity index (χ0n) is 16.5. The molecule has 1 saturated heterocycles. The van der Waals surface area contributed by atoms with E-state index in [1.165, 1.54) is 19.2 Å². The fourth-order valence-corrected chi connectivity index (χ4v) is 3.61. The quantitative estimate of drug-likeness (QED) is 0.625. The Kier molecular flexibility index (Phi) is 5.68. The second-order valence-electron chi connectivity index (χ2n) is 7.15. The molecule has 0 saturated carbocycles. The molecule has 6 heteroatoms. The molecule has 1 fully saturated rings. The Morgan fingerprint density at radius 2 is 1.83 bits per heavy atom. The molecule has 154 valence electrons. The maximum absolute atomic E-state index is 13.9. The number of benzene rings is 3. The molecule has 1 aliphatic rings. The maximum atomic E-state index is 13.9. The maximum Gasteiger partial charge on any atom is 0.338 e. The molecule has 1 aliphatic heterocycles. The molecule has 4 rings (SSSR count). The molecule has 0 atom stereocenters. The second-order valence-corrected chi connectivity index (χ2v) is 7.15. The van der Waals surface area contributed by atoms with Crippen LogP contribution in [0.4, 0.5) is 10.1 Å². The zero-order chi connectivity index (χ0) is 21.1. The number of rotatable bonds is 6. The molecule has 0 aromatic heterocycles. The molecule has 0 bridgehead atoms. The lowest BCUT2D eigenvalue weighted by molar-refractivity contribution is 0.0601. The van der Waals surface area contributed by atoms with Crippen molar-refractivity contribution < 1.29 is 23.8 Å². The predicted octanol–water partition coefficient (Wildman–Crippen LogP) is 4.04. The van der Waals surface area contributed by atoms with E-state index in [0.717, 1.165) is 17.0 Å². The van der Waals surface area contributed by atoms with E-state index < -0.39 is 5.97 Å². The fraction of sp³-hybridized carbons (Fsp3) is 0.208. The van der Waals surface area contributed by atoms with Gasteiger partial charge in [0.25, 0.3) is 0 Å². The molecular formula is C24H22FNO4. The number of anilines is 1. The van der Waals surface area contributed by atoms with Gasteiger partial charge in [-0.15, -0.1) is 0 Å². The van der Waals surface area contributed by atoms with Crippen molar-refractivity contribution in [2.75, 3.05) is 25.1 Å². The van der Waals surface area contributed by atoms with Crippen molar-refractivity contribution in [2.45, 2.75) is 12.7 Å². The Labute approximate surface area is 174 Å². The summed E-state index contributed by atoms with van der Waals surface area (Å²) in [5.41, 5.74) is 3.32. The van der Waals surface area contributed by atoms with Gasteiger partial charge in [0.05, 0.1) is 32.4 Å². The molecule has 30 heavy (non-hydrogen) atoms. The van der Waals surface area contributed by atoms with Crippen molar-refractivity contribution in [2.24, 2.45) is 0 Å². The largest absolute Gasteiger partial charge is 0.487 e.